The highest BCUT2D eigenvalue weighted by Gasteiger charge is 2.16. The van der Waals surface area contributed by atoms with Crippen molar-refractivity contribution in [3.05, 3.63) is 65.9 Å². The van der Waals surface area contributed by atoms with Gasteiger partial charge in [0.15, 0.2) is 6.61 Å². The number of hydrogen-bond donors (Lipinski definition) is 1. The fraction of sp³-hybridized carbons (Fsp3) is 0.167. The van der Waals surface area contributed by atoms with Crippen LogP contribution in [0, 0.1) is 6.92 Å². The molecule has 0 fully saturated rings. The van der Waals surface area contributed by atoms with Crippen LogP contribution in [0.3, 0.4) is 0 Å². The molecule has 1 N–H and O–H groups in total. The first-order valence-electron chi connectivity index (χ1n) is 7.13. The number of nitrogens with zero attached hydrogens (tertiary/aromatic N) is 1. The molecule has 4 heteroatoms. The molecular formula is C18H17NO3. The lowest BCUT2D eigenvalue weighted by molar-refractivity contribution is -0.139. The summed E-state index contributed by atoms with van der Waals surface area (Å²) in [5.41, 5.74) is 3.17. The fourth-order valence-corrected chi connectivity index (χ4v) is 2.69. The number of ether oxygens (including phenoxy) is 1. The highest BCUT2D eigenvalue weighted by Crippen LogP contribution is 2.33. The van der Waals surface area contributed by atoms with Gasteiger partial charge in [-0.05, 0) is 24.6 Å². The van der Waals surface area contributed by atoms with Crippen LogP contribution in [0.25, 0.3) is 10.9 Å². The predicted molar refractivity (Wildman–Crippen MR) is 85.3 cm³/mol. The zero-order chi connectivity index (χ0) is 15.5. The third-order valence-corrected chi connectivity index (χ3v) is 3.70. The summed E-state index contributed by atoms with van der Waals surface area (Å²) < 4.78 is 7.66. The van der Waals surface area contributed by atoms with E-state index in [1.54, 1.807) is 0 Å². The largest absolute Gasteiger partial charge is 0.479 e. The molecule has 22 heavy (non-hydrogen) atoms. The molecule has 1 heterocycles. The zero-order valence-corrected chi connectivity index (χ0v) is 12.3. The molecule has 0 saturated heterocycles. The second-order valence-electron chi connectivity index (χ2n) is 5.19. The number of carboxylic acid groups (broad SMARTS) is 1. The van der Waals surface area contributed by atoms with Gasteiger partial charge in [-0.2, -0.15) is 0 Å². The lowest BCUT2D eigenvalue weighted by atomic mass is 10.2. The highest BCUT2D eigenvalue weighted by molar-refractivity contribution is 5.89. The molecule has 0 atom stereocenters. The molecule has 0 bridgehead atoms. The van der Waals surface area contributed by atoms with Gasteiger partial charge in [0.05, 0.1) is 11.2 Å². The summed E-state index contributed by atoms with van der Waals surface area (Å²) in [4.78, 5) is 10.8. The maximum Gasteiger partial charge on any atom is 0.341 e. The van der Waals surface area contributed by atoms with Crippen molar-refractivity contribution in [2.45, 2.75) is 13.5 Å². The lowest BCUT2D eigenvalue weighted by Gasteiger charge is -2.09. The summed E-state index contributed by atoms with van der Waals surface area (Å²) in [7, 11) is 0. The smallest absolute Gasteiger partial charge is 0.341 e. The van der Waals surface area contributed by atoms with E-state index in [1.807, 2.05) is 49.4 Å². The summed E-state index contributed by atoms with van der Waals surface area (Å²) in [6.07, 6.45) is 0. The van der Waals surface area contributed by atoms with Gasteiger partial charge in [0.2, 0.25) is 0 Å². The van der Waals surface area contributed by atoms with Crippen LogP contribution >= 0.6 is 0 Å². The maximum absolute atomic E-state index is 10.8. The van der Waals surface area contributed by atoms with E-state index in [4.69, 9.17) is 9.84 Å². The Morgan fingerprint density at radius 1 is 1.09 bits per heavy atom. The number of carbonyl (C=O) groups is 1. The van der Waals surface area contributed by atoms with E-state index in [1.165, 1.54) is 5.56 Å². The van der Waals surface area contributed by atoms with Gasteiger partial charge in [-0.3, -0.25) is 0 Å². The number of aromatic nitrogens is 1. The Morgan fingerprint density at radius 3 is 2.50 bits per heavy atom. The number of carboxylic acids is 1. The zero-order valence-electron chi connectivity index (χ0n) is 12.3. The SMILES string of the molecule is Cc1c(OCC(=O)O)c2ccccc2n1Cc1ccccc1. The quantitative estimate of drug-likeness (QED) is 0.784. The molecule has 0 spiro atoms. The summed E-state index contributed by atoms with van der Waals surface area (Å²) in [6.45, 7) is 2.35. The topological polar surface area (TPSA) is 51.5 Å². The molecule has 0 aliphatic carbocycles. The van der Waals surface area contributed by atoms with Crippen molar-refractivity contribution in [1.29, 1.82) is 0 Å². The molecule has 2 aromatic carbocycles. The van der Waals surface area contributed by atoms with Crippen LogP contribution in [0.5, 0.6) is 5.75 Å². The van der Waals surface area contributed by atoms with Gasteiger partial charge in [-0.15, -0.1) is 0 Å². The monoisotopic (exact) mass is 295 g/mol. The van der Waals surface area contributed by atoms with E-state index in [-0.39, 0.29) is 6.61 Å². The second-order valence-corrected chi connectivity index (χ2v) is 5.19. The van der Waals surface area contributed by atoms with Gasteiger partial charge in [-0.1, -0.05) is 42.5 Å². The Balaban J connectivity index is 2.06. The van der Waals surface area contributed by atoms with Crippen molar-refractivity contribution < 1.29 is 14.6 Å². The molecule has 3 aromatic rings. The molecule has 0 aliphatic rings. The van der Waals surface area contributed by atoms with E-state index >= 15 is 0 Å². The second kappa shape index (κ2) is 5.93. The molecule has 112 valence electrons. The minimum Gasteiger partial charge on any atom is -0.479 e. The van der Waals surface area contributed by atoms with Crippen molar-refractivity contribution in [2.75, 3.05) is 6.61 Å². The average Bonchev–Trinajstić information content (AvgIpc) is 2.79. The summed E-state index contributed by atoms with van der Waals surface area (Å²) >= 11 is 0. The molecule has 4 nitrogen and oxygen atoms in total. The number of para-hydroxylation sites is 1. The first kappa shape index (κ1) is 14.2. The Morgan fingerprint density at radius 2 is 1.77 bits per heavy atom. The van der Waals surface area contributed by atoms with Gasteiger partial charge in [0.1, 0.15) is 5.75 Å². The summed E-state index contributed by atoms with van der Waals surface area (Å²) in [5, 5.41) is 9.79. The van der Waals surface area contributed by atoms with E-state index in [2.05, 4.69) is 16.7 Å². The van der Waals surface area contributed by atoms with Crippen molar-refractivity contribution in [3.8, 4) is 5.75 Å². The number of rotatable bonds is 5. The van der Waals surface area contributed by atoms with Crippen LogP contribution in [0.4, 0.5) is 0 Å². The van der Waals surface area contributed by atoms with Gasteiger partial charge in [0, 0.05) is 11.9 Å². The minimum absolute atomic E-state index is 0.333. The summed E-state index contributed by atoms with van der Waals surface area (Å²) in [5.74, 6) is -0.326. The number of benzene rings is 2. The fourth-order valence-electron chi connectivity index (χ4n) is 2.69. The molecule has 3 rings (SSSR count). The van der Waals surface area contributed by atoms with E-state index in [0.29, 0.717) is 5.75 Å². The molecule has 0 amide bonds. The normalized spacial score (nSPS) is 10.8. The van der Waals surface area contributed by atoms with E-state index in [9.17, 15) is 4.79 Å². The van der Waals surface area contributed by atoms with Crippen LogP contribution in [0.1, 0.15) is 11.3 Å². The molecule has 0 saturated carbocycles. The Labute approximate surface area is 128 Å². The molecular weight excluding hydrogens is 278 g/mol. The Kier molecular flexibility index (Phi) is 3.83. The van der Waals surface area contributed by atoms with Crippen LogP contribution in [-0.2, 0) is 11.3 Å². The van der Waals surface area contributed by atoms with E-state index < -0.39 is 5.97 Å². The van der Waals surface area contributed by atoms with Gasteiger partial charge >= 0.3 is 5.97 Å². The van der Waals surface area contributed by atoms with Crippen molar-refractivity contribution in [1.82, 2.24) is 4.57 Å². The molecule has 1 aromatic heterocycles. The van der Waals surface area contributed by atoms with Crippen LogP contribution in [0.2, 0.25) is 0 Å². The Hall–Kier alpha value is -2.75. The van der Waals surface area contributed by atoms with E-state index in [0.717, 1.165) is 23.1 Å². The van der Waals surface area contributed by atoms with Gasteiger partial charge < -0.3 is 14.4 Å². The molecule has 0 radical (unpaired) electrons. The van der Waals surface area contributed by atoms with Gasteiger partial charge in [0.25, 0.3) is 0 Å². The van der Waals surface area contributed by atoms with Gasteiger partial charge in [-0.25, -0.2) is 4.79 Å². The minimum atomic E-state index is -0.973. The molecule has 0 aliphatic heterocycles. The van der Waals surface area contributed by atoms with Crippen LogP contribution in [0.15, 0.2) is 54.6 Å². The average molecular weight is 295 g/mol. The summed E-state index contributed by atoms with van der Waals surface area (Å²) in [6, 6.07) is 18.1. The lowest BCUT2D eigenvalue weighted by Crippen LogP contribution is -2.10. The van der Waals surface area contributed by atoms with Crippen molar-refractivity contribution in [2.24, 2.45) is 0 Å². The predicted octanol–water partition coefficient (Wildman–Crippen LogP) is 3.46. The third-order valence-electron chi connectivity index (χ3n) is 3.70. The van der Waals surface area contributed by atoms with Crippen LogP contribution in [-0.4, -0.2) is 22.2 Å². The van der Waals surface area contributed by atoms with Crippen molar-refractivity contribution >= 4 is 16.9 Å². The first-order valence-corrected chi connectivity index (χ1v) is 7.13. The number of hydrogen-bond acceptors (Lipinski definition) is 2. The van der Waals surface area contributed by atoms with Crippen LogP contribution < -0.4 is 4.74 Å². The van der Waals surface area contributed by atoms with Crippen molar-refractivity contribution in [3.63, 3.8) is 0 Å². The first-order chi connectivity index (χ1) is 10.7. The number of aliphatic carboxylic acids is 1. The number of fused-ring (bicyclic) bond motifs is 1. The standard InChI is InChI=1S/C18H17NO3/c1-13-18(22-12-17(20)21)15-9-5-6-10-16(15)19(13)11-14-7-3-2-4-8-14/h2-10H,11-12H2,1H3,(H,20,21). The third kappa shape index (κ3) is 2.68. The Bertz CT molecular complexity index is 806. The maximum atomic E-state index is 10.8. The molecule has 0 unspecified atom stereocenters. The highest BCUT2D eigenvalue weighted by atomic mass is 16.5.